The molecule has 0 N–H and O–H groups in total. The van der Waals surface area contributed by atoms with Gasteiger partial charge in [-0.15, -0.1) is 0 Å². The predicted molar refractivity (Wildman–Crippen MR) is 229 cm³/mol. The molecule has 0 saturated heterocycles. The molecule has 1 atom stereocenters. The summed E-state index contributed by atoms with van der Waals surface area (Å²) in [5.74, 6) is -0.898. The Morgan fingerprint density at radius 2 is 0.722 bits per heavy atom. The van der Waals surface area contributed by atoms with Crippen LogP contribution in [0.15, 0.2) is 36.5 Å². The maximum absolute atomic E-state index is 12.7. The fraction of sp³-hybridized carbons (Fsp3) is 0.812. The molecule has 0 saturated carbocycles. The van der Waals surface area contributed by atoms with Gasteiger partial charge in [0.15, 0.2) is 6.10 Å². The summed E-state index contributed by atoms with van der Waals surface area (Å²) in [6.07, 6.45) is 48.4. The zero-order valence-corrected chi connectivity index (χ0v) is 35.7. The zero-order valence-electron chi connectivity index (χ0n) is 35.7. The van der Waals surface area contributed by atoms with Crippen LogP contribution in [0.2, 0.25) is 0 Å². The van der Waals surface area contributed by atoms with Crippen molar-refractivity contribution in [1.82, 2.24) is 0 Å². The zero-order chi connectivity index (χ0) is 39.4. The van der Waals surface area contributed by atoms with Crippen molar-refractivity contribution in [2.75, 3.05) is 13.2 Å². The van der Waals surface area contributed by atoms with Crippen molar-refractivity contribution < 1.29 is 28.6 Å². The van der Waals surface area contributed by atoms with Crippen LogP contribution in [0.1, 0.15) is 233 Å². The topological polar surface area (TPSA) is 78.9 Å². The molecule has 0 rings (SSSR count). The van der Waals surface area contributed by atoms with E-state index in [0.29, 0.717) is 19.3 Å². The van der Waals surface area contributed by atoms with E-state index in [1.807, 2.05) is 0 Å². The smallest absolute Gasteiger partial charge is 0.306 e. The molecule has 0 aromatic heterocycles. The lowest BCUT2D eigenvalue weighted by atomic mass is 10.0. The number of hydrogen-bond donors (Lipinski definition) is 0. The van der Waals surface area contributed by atoms with Crippen molar-refractivity contribution in [1.29, 1.82) is 0 Å². The minimum Gasteiger partial charge on any atom is -0.462 e. The summed E-state index contributed by atoms with van der Waals surface area (Å²) in [7, 11) is 0. The van der Waals surface area contributed by atoms with Crippen LogP contribution in [0.4, 0.5) is 0 Å². The third-order valence-corrected chi connectivity index (χ3v) is 9.91. The van der Waals surface area contributed by atoms with Gasteiger partial charge in [-0.2, -0.15) is 0 Å². The van der Waals surface area contributed by atoms with Crippen LogP contribution >= 0.6 is 0 Å². The van der Waals surface area contributed by atoms with Crippen LogP contribution in [-0.2, 0) is 28.6 Å². The molecule has 54 heavy (non-hydrogen) atoms. The Hall–Kier alpha value is -2.37. The lowest BCUT2D eigenvalue weighted by Crippen LogP contribution is -2.30. The molecule has 0 amide bonds. The normalized spacial score (nSPS) is 12.3. The van der Waals surface area contributed by atoms with Gasteiger partial charge >= 0.3 is 17.9 Å². The van der Waals surface area contributed by atoms with Crippen molar-refractivity contribution in [3.05, 3.63) is 36.5 Å². The molecule has 0 aliphatic carbocycles. The molecule has 0 bridgehead atoms. The van der Waals surface area contributed by atoms with Crippen LogP contribution in [0.25, 0.3) is 0 Å². The van der Waals surface area contributed by atoms with Crippen molar-refractivity contribution >= 4 is 17.9 Å². The molecule has 0 aromatic carbocycles. The average Bonchev–Trinajstić information content (AvgIpc) is 3.17. The lowest BCUT2D eigenvalue weighted by Gasteiger charge is -2.18. The summed E-state index contributed by atoms with van der Waals surface area (Å²) in [6.45, 7) is 6.48. The maximum Gasteiger partial charge on any atom is 0.306 e. The van der Waals surface area contributed by atoms with Crippen LogP contribution in [0.5, 0.6) is 0 Å². The number of allylic oxidation sites excluding steroid dienone is 6. The molecule has 0 spiro atoms. The molecule has 1 unspecified atom stereocenters. The summed E-state index contributed by atoms with van der Waals surface area (Å²) >= 11 is 0. The highest BCUT2D eigenvalue weighted by Gasteiger charge is 2.19. The van der Waals surface area contributed by atoms with E-state index in [4.69, 9.17) is 14.2 Å². The molecule has 314 valence electrons. The first-order chi connectivity index (χ1) is 26.5. The summed E-state index contributed by atoms with van der Waals surface area (Å²) < 4.78 is 16.7. The highest BCUT2D eigenvalue weighted by Crippen LogP contribution is 2.15. The van der Waals surface area contributed by atoms with Gasteiger partial charge in [-0.25, -0.2) is 0 Å². The van der Waals surface area contributed by atoms with Gasteiger partial charge in [0.25, 0.3) is 0 Å². The minimum atomic E-state index is -0.773. The Balaban J connectivity index is 4.37. The molecule has 0 aliphatic heterocycles. The van der Waals surface area contributed by atoms with E-state index in [1.54, 1.807) is 0 Å². The first-order valence-electron chi connectivity index (χ1n) is 23.0. The molecule has 0 heterocycles. The van der Waals surface area contributed by atoms with Crippen LogP contribution in [0.3, 0.4) is 0 Å². The van der Waals surface area contributed by atoms with Crippen LogP contribution in [-0.4, -0.2) is 37.2 Å². The fourth-order valence-electron chi connectivity index (χ4n) is 6.46. The molecule has 0 aliphatic rings. The highest BCUT2D eigenvalue weighted by molar-refractivity contribution is 5.71. The number of carbonyl (C=O) groups is 3. The van der Waals surface area contributed by atoms with E-state index in [-0.39, 0.29) is 31.1 Å². The maximum atomic E-state index is 12.7. The van der Waals surface area contributed by atoms with E-state index in [2.05, 4.69) is 57.2 Å². The molecule has 6 nitrogen and oxygen atoms in total. The summed E-state index contributed by atoms with van der Waals surface area (Å²) in [5, 5.41) is 0. The van der Waals surface area contributed by atoms with Crippen molar-refractivity contribution in [2.45, 2.75) is 239 Å². The second-order valence-electron chi connectivity index (χ2n) is 15.3. The third-order valence-electron chi connectivity index (χ3n) is 9.91. The van der Waals surface area contributed by atoms with Crippen LogP contribution in [0, 0.1) is 0 Å². The number of ether oxygens (including phenoxy) is 3. The Labute approximate surface area is 334 Å². The monoisotopic (exact) mass is 759 g/mol. The Morgan fingerprint density at radius 3 is 1.13 bits per heavy atom. The molecular formula is C48H86O6. The lowest BCUT2D eigenvalue weighted by molar-refractivity contribution is -0.167. The van der Waals surface area contributed by atoms with Gasteiger partial charge in [0.1, 0.15) is 13.2 Å². The van der Waals surface area contributed by atoms with Gasteiger partial charge in [-0.1, -0.05) is 198 Å². The van der Waals surface area contributed by atoms with Gasteiger partial charge in [0.2, 0.25) is 0 Å². The van der Waals surface area contributed by atoms with Crippen molar-refractivity contribution in [2.24, 2.45) is 0 Å². The fourth-order valence-corrected chi connectivity index (χ4v) is 6.46. The van der Waals surface area contributed by atoms with E-state index < -0.39 is 6.10 Å². The Morgan fingerprint density at radius 1 is 0.389 bits per heavy atom. The second kappa shape index (κ2) is 43.4. The van der Waals surface area contributed by atoms with E-state index in [1.165, 1.54) is 103 Å². The number of rotatable bonds is 41. The van der Waals surface area contributed by atoms with Gasteiger partial charge in [-0.3, -0.25) is 14.4 Å². The number of hydrogen-bond acceptors (Lipinski definition) is 6. The van der Waals surface area contributed by atoms with Gasteiger partial charge < -0.3 is 14.2 Å². The quantitative estimate of drug-likeness (QED) is 0.0267. The van der Waals surface area contributed by atoms with Crippen molar-refractivity contribution in [3.8, 4) is 0 Å². The number of esters is 3. The molecule has 6 heteroatoms. The van der Waals surface area contributed by atoms with Crippen molar-refractivity contribution in [3.63, 3.8) is 0 Å². The predicted octanol–water partition coefficient (Wildman–Crippen LogP) is 14.6. The number of carbonyl (C=O) groups excluding carboxylic acids is 3. The first kappa shape index (κ1) is 51.6. The Bertz CT molecular complexity index is 922. The number of unbranched alkanes of at least 4 members (excludes halogenated alkanes) is 24. The summed E-state index contributed by atoms with van der Waals surface area (Å²) in [5.41, 5.74) is 0. The summed E-state index contributed by atoms with van der Waals surface area (Å²) in [4.78, 5) is 37.7. The average molecular weight is 759 g/mol. The third kappa shape index (κ3) is 40.8. The van der Waals surface area contributed by atoms with Gasteiger partial charge in [-0.05, 0) is 51.4 Å². The molecule has 0 fully saturated rings. The first-order valence-corrected chi connectivity index (χ1v) is 23.0. The highest BCUT2D eigenvalue weighted by atomic mass is 16.6. The molecule has 0 aromatic rings. The SMILES string of the molecule is CC/C=C\C/C=C\C/C=C\CCCCCCC(=O)OCC(COC(=O)CCCCCCCCCCC)OC(=O)CCCCCCCCCCCCCCC. The second-order valence-corrected chi connectivity index (χ2v) is 15.3. The van der Waals surface area contributed by atoms with E-state index >= 15 is 0 Å². The Kier molecular flexibility index (Phi) is 41.5. The largest absolute Gasteiger partial charge is 0.462 e. The van der Waals surface area contributed by atoms with Gasteiger partial charge in [0.05, 0.1) is 0 Å². The molecular weight excluding hydrogens is 673 g/mol. The standard InChI is InChI=1S/C48H86O6/c1-4-7-10-13-16-19-21-23-25-26-29-32-35-38-41-47(50)53-44-45(43-52-46(49)40-37-34-31-28-18-15-12-9-6-3)54-48(51)42-39-36-33-30-27-24-22-20-17-14-11-8-5-2/h7,10,16,19,23,25,45H,4-6,8-9,11-15,17-18,20-22,24,26-44H2,1-3H3/b10-7-,19-16-,25-23-. The minimum absolute atomic E-state index is 0.0763. The molecule has 0 radical (unpaired) electrons. The summed E-state index contributed by atoms with van der Waals surface area (Å²) in [6, 6.07) is 0. The van der Waals surface area contributed by atoms with Gasteiger partial charge in [0, 0.05) is 19.3 Å². The van der Waals surface area contributed by atoms with Crippen LogP contribution < -0.4 is 0 Å². The van der Waals surface area contributed by atoms with E-state index in [9.17, 15) is 14.4 Å². The van der Waals surface area contributed by atoms with E-state index in [0.717, 1.165) is 89.9 Å².